The number of hydrogen-bond acceptors (Lipinski definition) is 4. The predicted molar refractivity (Wildman–Crippen MR) is 101 cm³/mol. The number of aryl methyl sites for hydroxylation is 1. The highest BCUT2D eigenvalue weighted by atomic mass is 19.1. The maximum Gasteiger partial charge on any atom is 0.332 e. The van der Waals surface area contributed by atoms with Crippen LogP contribution in [0, 0.1) is 5.82 Å². The van der Waals surface area contributed by atoms with E-state index in [4.69, 9.17) is 0 Å². The second-order valence-electron chi connectivity index (χ2n) is 7.10. The Bertz CT molecular complexity index is 1180. The topological polar surface area (TPSA) is 93.0 Å². The van der Waals surface area contributed by atoms with E-state index < -0.39 is 17.1 Å². The van der Waals surface area contributed by atoms with Crippen molar-refractivity contribution in [2.24, 2.45) is 14.1 Å². The van der Waals surface area contributed by atoms with Crippen LogP contribution in [-0.2, 0) is 14.1 Å². The van der Waals surface area contributed by atoms with E-state index in [1.165, 1.54) is 29.8 Å². The number of imidazole rings is 1. The van der Waals surface area contributed by atoms with Gasteiger partial charge in [0, 0.05) is 38.7 Å². The summed E-state index contributed by atoms with van der Waals surface area (Å²) in [5.41, 5.74) is 0.140. The fraction of sp³-hybridized carbons (Fsp3) is 0.368. The van der Waals surface area contributed by atoms with Gasteiger partial charge in [-0.1, -0.05) is 6.07 Å². The Balaban J connectivity index is 1.55. The molecule has 1 amide bonds. The molecule has 0 radical (unpaired) electrons. The molecule has 1 fully saturated rings. The molecule has 1 aliphatic rings. The van der Waals surface area contributed by atoms with Crippen LogP contribution in [-0.4, -0.2) is 43.0 Å². The molecule has 28 heavy (non-hydrogen) atoms. The molecule has 9 heteroatoms. The second kappa shape index (κ2) is 6.74. The van der Waals surface area contributed by atoms with Crippen LogP contribution in [0.5, 0.6) is 0 Å². The molecule has 3 aromatic rings. The van der Waals surface area contributed by atoms with Gasteiger partial charge in [0.1, 0.15) is 17.2 Å². The number of H-pyrrole nitrogens is 1. The zero-order chi connectivity index (χ0) is 20.0. The number of carbonyl (C=O) groups is 1. The van der Waals surface area contributed by atoms with Gasteiger partial charge in [-0.3, -0.25) is 18.7 Å². The number of carbonyl (C=O) groups excluding carboxylic acids is 1. The minimum absolute atomic E-state index is 0.0452. The maximum absolute atomic E-state index is 13.4. The van der Waals surface area contributed by atoms with Gasteiger partial charge in [-0.25, -0.2) is 14.2 Å². The molecule has 0 unspecified atom stereocenters. The highest BCUT2D eigenvalue weighted by molar-refractivity contribution is 5.94. The number of nitrogens with zero attached hydrogens (tertiary/aromatic N) is 4. The van der Waals surface area contributed by atoms with Crippen molar-refractivity contribution in [2.45, 2.75) is 18.8 Å². The Labute approximate surface area is 159 Å². The molecule has 2 aromatic heterocycles. The first-order chi connectivity index (χ1) is 13.4. The Hall–Kier alpha value is -3.23. The largest absolute Gasteiger partial charge is 0.339 e. The Morgan fingerprint density at radius 2 is 1.89 bits per heavy atom. The number of likely N-dealkylation sites (tertiary alicyclic amines) is 1. The standard InChI is InChI=1S/C19H20FN5O3/c1-23-16-14(18(27)24(2)19(23)28)21-15(22-16)11-6-8-25(9-7-11)17(26)12-4-3-5-13(20)10-12/h3-5,10-11H,6-9H2,1-2H3,(H,21,22). The summed E-state index contributed by atoms with van der Waals surface area (Å²) in [6.45, 7) is 1.02. The van der Waals surface area contributed by atoms with Crippen molar-refractivity contribution in [1.29, 1.82) is 0 Å². The van der Waals surface area contributed by atoms with E-state index in [1.807, 2.05) is 0 Å². The van der Waals surface area contributed by atoms with Gasteiger partial charge >= 0.3 is 5.69 Å². The van der Waals surface area contributed by atoms with Crippen LogP contribution in [0.25, 0.3) is 11.2 Å². The van der Waals surface area contributed by atoms with Crippen molar-refractivity contribution in [2.75, 3.05) is 13.1 Å². The van der Waals surface area contributed by atoms with Crippen LogP contribution in [0.1, 0.15) is 34.9 Å². The molecule has 3 heterocycles. The summed E-state index contributed by atoms with van der Waals surface area (Å²) < 4.78 is 15.8. The van der Waals surface area contributed by atoms with Crippen molar-refractivity contribution in [3.8, 4) is 0 Å². The predicted octanol–water partition coefficient (Wildman–Crippen LogP) is 1.12. The smallest absolute Gasteiger partial charge is 0.332 e. The van der Waals surface area contributed by atoms with E-state index in [-0.39, 0.29) is 11.8 Å². The van der Waals surface area contributed by atoms with Gasteiger partial charge < -0.3 is 9.88 Å². The first kappa shape index (κ1) is 18.1. The molecule has 1 N–H and O–H groups in total. The lowest BCUT2D eigenvalue weighted by Gasteiger charge is -2.31. The highest BCUT2D eigenvalue weighted by Crippen LogP contribution is 2.27. The summed E-state index contributed by atoms with van der Waals surface area (Å²) in [5, 5.41) is 0. The SMILES string of the molecule is Cn1c(=O)c2[nH]c(C3CCN(C(=O)c4cccc(F)c4)CC3)nc2n(C)c1=O. The van der Waals surface area contributed by atoms with E-state index in [1.54, 1.807) is 18.0 Å². The van der Waals surface area contributed by atoms with E-state index in [0.717, 1.165) is 4.57 Å². The molecular weight excluding hydrogens is 365 g/mol. The van der Waals surface area contributed by atoms with E-state index in [2.05, 4.69) is 9.97 Å². The van der Waals surface area contributed by atoms with Crippen LogP contribution in [0.4, 0.5) is 4.39 Å². The number of aromatic nitrogens is 4. The maximum atomic E-state index is 13.4. The lowest BCUT2D eigenvalue weighted by atomic mass is 9.95. The fourth-order valence-electron chi connectivity index (χ4n) is 3.70. The molecule has 1 aromatic carbocycles. The van der Waals surface area contributed by atoms with Crippen molar-refractivity contribution in [3.63, 3.8) is 0 Å². The average molecular weight is 385 g/mol. The van der Waals surface area contributed by atoms with E-state index >= 15 is 0 Å². The molecule has 0 aliphatic carbocycles. The van der Waals surface area contributed by atoms with Crippen molar-refractivity contribution >= 4 is 17.1 Å². The van der Waals surface area contributed by atoms with Crippen LogP contribution in [0.2, 0.25) is 0 Å². The van der Waals surface area contributed by atoms with Gasteiger partial charge in [-0.15, -0.1) is 0 Å². The second-order valence-corrected chi connectivity index (χ2v) is 7.10. The summed E-state index contributed by atoms with van der Waals surface area (Å²) in [6.07, 6.45) is 1.32. The number of hydrogen-bond donors (Lipinski definition) is 1. The summed E-state index contributed by atoms with van der Waals surface area (Å²) in [7, 11) is 3.01. The van der Waals surface area contributed by atoms with Gasteiger partial charge in [0.25, 0.3) is 11.5 Å². The van der Waals surface area contributed by atoms with Crippen molar-refractivity contribution < 1.29 is 9.18 Å². The number of benzene rings is 1. The number of nitrogens with one attached hydrogen (secondary N) is 1. The zero-order valence-corrected chi connectivity index (χ0v) is 15.6. The van der Waals surface area contributed by atoms with Gasteiger partial charge in [0.2, 0.25) is 0 Å². The summed E-state index contributed by atoms with van der Waals surface area (Å²) in [6, 6.07) is 5.67. The van der Waals surface area contributed by atoms with Gasteiger partial charge in [-0.05, 0) is 31.0 Å². The number of halogens is 1. The average Bonchev–Trinajstić information content (AvgIpc) is 3.16. The first-order valence-corrected chi connectivity index (χ1v) is 9.07. The third-order valence-electron chi connectivity index (χ3n) is 5.35. The summed E-state index contributed by atoms with van der Waals surface area (Å²) >= 11 is 0. The number of aromatic amines is 1. The third kappa shape index (κ3) is 2.92. The number of amides is 1. The molecule has 0 bridgehead atoms. The molecule has 8 nitrogen and oxygen atoms in total. The Kier molecular flexibility index (Phi) is 4.37. The highest BCUT2D eigenvalue weighted by Gasteiger charge is 2.27. The van der Waals surface area contributed by atoms with Gasteiger partial charge in [0.15, 0.2) is 5.65 Å². The minimum atomic E-state index is -0.435. The van der Waals surface area contributed by atoms with E-state index in [0.29, 0.717) is 48.5 Å². The summed E-state index contributed by atoms with van der Waals surface area (Å²) in [5.74, 6) is 0.0592. The number of piperidine rings is 1. The lowest BCUT2D eigenvalue weighted by Crippen LogP contribution is -2.38. The number of fused-ring (bicyclic) bond motifs is 1. The van der Waals surface area contributed by atoms with Crippen molar-refractivity contribution in [1.82, 2.24) is 24.0 Å². The van der Waals surface area contributed by atoms with Gasteiger partial charge in [0.05, 0.1) is 0 Å². The fourth-order valence-corrected chi connectivity index (χ4v) is 3.70. The molecule has 0 saturated carbocycles. The van der Waals surface area contributed by atoms with Crippen LogP contribution in [0.3, 0.4) is 0 Å². The molecule has 146 valence electrons. The molecule has 4 rings (SSSR count). The molecular formula is C19H20FN5O3. The monoisotopic (exact) mass is 385 g/mol. The van der Waals surface area contributed by atoms with E-state index in [9.17, 15) is 18.8 Å². The Morgan fingerprint density at radius 3 is 2.57 bits per heavy atom. The quantitative estimate of drug-likeness (QED) is 0.715. The van der Waals surface area contributed by atoms with Crippen molar-refractivity contribution in [3.05, 3.63) is 62.3 Å². The van der Waals surface area contributed by atoms with Gasteiger partial charge in [-0.2, -0.15) is 0 Å². The summed E-state index contributed by atoms with van der Waals surface area (Å²) in [4.78, 5) is 46.2. The van der Waals surface area contributed by atoms with Crippen LogP contribution in [0.15, 0.2) is 33.9 Å². The lowest BCUT2D eigenvalue weighted by molar-refractivity contribution is 0.0711. The number of rotatable bonds is 2. The minimum Gasteiger partial charge on any atom is -0.339 e. The first-order valence-electron chi connectivity index (χ1n) is 9.07. The molecule has 1 aliphatic heterocycles. The normalized spacial score (nSPS) is 15.3. The van der Waals surface area contributed by atoms with Crippen LogP contribution >= 0.6 is 0 Å². The Morgan fingerprint density at radius 1 is 1.18 bits per heavy atom. The molecule has 1 saturated heterocycles. The third-order valence-corrected chi connectivity index (χ3v) is 5.35. The van der Waals surface area contributed by atoms with Crippen LogP contribution < -0.4 is 11.2 Å². The molecule has 0 spiro atoms. The zero-order valence-electron chi connectivity index (χ0n) is 15.6. The molecule has 0 atom stereocenters.